The SMILES string of the molecule is CC(C)[C@]1(C(=O)N2Cc3cc(C(F)(F)F)ccc3C(NC(N)=O)C2)CC[C@@H](N(C(=O)C(F)(F)F)C2CCOCC2)C1. The lowest BCUT2D eigenvalue weighted by Crippen LogP contribution is -2.55. The molecule has 3 aliphatic rings. The van der Waals surface area contributed by atoms with Gasteiger partial charge in [-0.2, -0.15) is 26.3 Å². The van der Waals surface area contributed by atoms with Gasteiger partial charge in [0.05, 0.1) is 17.0 Å². The van der Waals surface area contributed by atoms with E-state index in [0.29, 0.717) is 5.56 Å². The fourth-order valence-electron chi connectivity index (χ4n) is 6.60. The van der Waals surface area contributed by atoms with Crippen LogP contribution in [0.4, 0.5) is 31.1 Å². The average Bonchev–Trinajstić information content (AvgIpc) is 3.33. The number of benzene rings is 1. The third-order valence-corrected chi connectivity index (χ3v) is 8.72. The van der Waals surface area contributed by atoms with Gasteiger partial charge in [-0.15, -0.1) is 0 Å². The Morgan fingerprint density at radius 3 is 2.29 bits per heavy atom. The van der Waals surface area contributed by atoms with Gasteiger partial charge in [0, 0.05) is 38.4 Å². The maximum Gasteiger partial charge on any atom is 0.471 e. The second-order valence-corrected chi connectivity index (χ2v) is 11.4. The Bertz CT molecular complexity index is 1170. The number of hydrogen-bond donors (Lipinski definition) is 2. The van der Waals surface area contributed by atoms with Crippen LogP contribution in [-0.4, -0.2) is 65.7 Å². The first-order valence-corrected chi connectivity index (χ1v) is 13.6. The molecule has 4 rings (SSSR count). The lowest BCUT2D eigenvalue weighted by atomic mass is 9.73. The lowest BCUT2D eigenvalue weighted by molar-refractivity contribution is -0.192. The molecule has 41 heavy (non-hydrogen) atoms. The van der Waals surface area contributed by atoms with Gasteiger partial charge in [0.1, 0.15) is 0 Å². The number of hydrogen-bond acceptors (Lipinski definition) is 4. The zero-order valence-corrected chi connectivity index (χ0v) is 22.8. The molecule has 3 N–H and O–H groups in total. The van der Waals surface area contributed by atoms with Crippen molar-refractivity contribution in [3.8, 4) is 0 Å². The standard InChI is InChI=1S/C27H34F6N4O4/c1-15(2)25(8-5-19(12-25)37(23(39)27(31,32)33)18-6-9-41-10-7-18)22(38)36-13-16-11-17(26(28,29)30)3-4-20(16)21(14-36)35-24(34)40/h3-4,11,15,18-19,21H,5-10,12-14H2,1-2H3,(H3,34,35,40)/t19-,21?,25+/m1/s1. The number of fused-ring (bicyclic) bond motifs is 1. The Balaban J connectivity index is 1.66. The number of rotatable bonds is 5. The summed E-state index contributed by atoms with van der Waals surface area (Å²) >= 11 is 0. The number of nitrogens with zero attached hydrogens (tertiary/aromatic N) is 2. The molecule has 0 bridgehead atoms. The van der Waals surface area contributed by atoms with Gasteiger partial charge in [0.2, 0.25) is 5.91 Å². The normalized spacial score (nSPS) is 25.6. The first-order chi connectivity index (χ1) is 19.0. The monoisotopic (exact) mass is 592 g/mol. The number of ether oxygens (including phenoxy) is 1. The second kappa shape index (κ2) is 11.3. The van der Waals surface area contributed by atoms with Crippen molar-refractivity contribution in [3.63, 3.8) is 0 Å². The Morgan fingerprint density at radius 1 is 1.07 bits per heavy atom. The van der Waals surface area contributed by atoms with E-state index in [0.717, 1.165) is 17.0 Å². The first kappa shape index (κ1) is 30.9. The highest BCUT2D eigenvalue weighted by Crippen LogP contribution is 2.49. The van der Waals surface area contributed by atoms with Gasteiger partial charge < -0.3 is 25.6 Å². The minimum Gasteiger partial charge on any atom is -0.381 e. The maximum absolute atomic E-state index is 14.2. The molecule has 2 fully saturated rings. The molecule has 1 aliphatic carbocycles. The number of nitrogens with two attached hydrogens (primary N) is 1. The van der Waals surface area contributed by atoms with Gasteiger partial charge in [-0.05, 0) is 61.3 Å². The molecule has 4 amide bonds. The number of alkyl halides is 6. The summed E-state index contributed by atoms with van der Waals surface area (Å²) in [5.41, 5.74) is 3.80. The zero-order valence-electron chi connectivity index (χ0n) is 22.8. The molecule has 0 aromatic heterocycles. The Hall–Kier alpha value is -3.03. The molecular formula is C27H34F6N4O4. The first-order valence-electron chi connectivity index (χ1n) is 13.6. The third-order valence-electron chi connectivity index (χ3n) is 8.72. The van der Waals surface area contributed by atoms with Crippen molar-refractivity contribution >= 4 is 17.8 Å². The molecule has 14 heteroatoms. The van der Waals surface area contributed by atoms with Crippen LogP contribution >= 0.6 is 0 Å². The molecular weight excluding hydrogens is 558 g/mol. The number of primary amides is 1. The van der Waals surface area contributed by atoms with Crippen molar-refractivity contribution in [1.82, 2.24) is 15.1 Å². The zero-order chi connectivity index (χ0) is 30.3. The number of halogens is 6. The number of carbonyl (C=O) groups is 3. The van der Waals surface area contributed by atoms with E-state index in [9.17, 15) is 40.7 Å². The van der Waals surface area contributed by atoms with Crippen molar-refractivity contribution in [2.45, 2.75) is 83.0 Å². The number of urea groups is 1. The highest BCUT2D eigenvalue weighted by molar-refractivity contribution is 5.85. The van der Waals surface area contributed by atoms with E-state index in [4.69, 9.17) is 10.5 Å². The number of amides is 4. The van der Waals surface area contributed by atoms with Crippen LogP contribution in [0.2, 0.25) is 0 Å². The van der Waals surface area contributed by atoms with Gasteiger partial charge in [-0.1, -0.05) is 19.9 Å². The van der Waals surface area contributed by atoms with Crippen LogP contribution < -0.4 is 11.1 Å². The van der Waals surface area contributed by atoms with E-state index >= 15 is 0 Å². The Labute approximate surface area is 233 Å². The highest BCUT2D eigenvalue weighted by Gasteiger charge is 2.55. The lowest BCUT2D eigenvalue weighted by Gasteiger charge is -2.43. The van der Waals surface area contributed by atoms with E-state index in [1.165, 1.54) is 11.0 Å². The van der Waals surface area contributed by atoms with Crippen molar-refractivity contribution in [2.75, 3.05) is 19.8 Å². The quantitative estimate of drug-likeness (QED) is 0.491. The van der Waals surface area contributed by atoms with Crippen LogP contribution in [0.25, 0.3) is 0 Å². The van der Waals surface area contributed by atoms with Gasteiger partial charge >= 0.3 is 24.3 Å². The van der Waals surface area contributed by atoms with Crippen LogP contribution in [0.5, 0.6) is 0 Å². The fourth-order valence-corrected chi connectivity index (χ4v) is 6.60. The summed E-state index contributed by atoms with van der Waals surface area (Å²) in [6.45, 7) is 3.71. The topological polar surface area (TPSA) is 105 Å². The van der Waals surface area contributed by atoms with Crippen LogP contribution in [0, 0.1) is 11.3 Å². The fraction of sp³-hybridized carbons (Fsp3) is 0.667. The molecule has 1 aromatic carbocycles. The Morgan fingerprint density at radius 2 is 1.73 bits per heavy atom. The second-order valence-electron chi connectivity index (χ2n) is 11.4. The maximum atomic E-state index is 14.2. The predicted octanol–water partition coefficient (Wildman–Crippen LogP) is 4.52. The molecule has 0 radical (unpaired) electrons. The smallest absolute Gasteiger partial charge is 0.381 e. The molecule has 0 spiro atoms. The van der Waals surface area contributed by atoms with E-state index in [1.807, 2.05) is 0 Å². The van der Waals surface area contributed by atoms with Gasteiger partial charge in [-0.3, -0.25) is 9.59 Å². The summed E-state index contributed by atoms with van der Waals surface area (Å²) < 4.78 is 86.7. The van der Waals surface area contributed by atoms with Crippen molar-refractivity contribution in [2.24, 2.45) is 17.1 Å². The summed E-state index contributed by atoms with van der Waals surface area (Å²) in [7, 11) is 0. The highest BCUT2D eigenvalue weighted by atomic mass is 19.4. The molecule has 1 aromatic rings. The minimum absolute atomic E-state index is 0.0253. The van der Waals surface area contributed by atoms with Crippen molar-refractivity contribution in [1.29, 1.82) is 0 Å². The molecule has 228 valence electrons. The molecule has 8 nitrogen and oxygen atoms in total. The van der Waals surface area contributed by atoms with Crippen LogP contribution in [0.3, 0.4) is 0 Å². The molecule has 1 saturated heterocycles. The van der Waals surface area contributed by atoms with E-state index in [1.54, 1.807) is 13.8 Å². The number of nitrogens with one attached hydrogen (secondary N) is 1. The van der Waals surface area contributed by atoms with Crippen LogP contribution in [-0.2, 0) is 27.0 Å². The largest absolute Gasteiger partial charge is 0.471 e. The van der Waals surface area contributed by atoms with E-state index in [-0.39, 0.29) is 69.9 Å². The van der Waals surface area contributed by atoms with Gasteiger partial charge in [-0.25, -0.2) is 4.79 Å². The van der Waals surface area contributed by atoms with Gasteiger partial charge in [0.15, 0.2) is 0 Å². The summed E-state index contributed by atoms with van der Waals surface area (Å²) in [5, 5.41) is 2.49. The van der Waals surface area contributed by atoms with Crippen LogP contribution in [0.15, 0.2) is 18.2 Å². The summed E-state index contributed by atoms with van der Waals surface area (Å²) in [6.07, 6.45) is -8.91. The molecule has 2 heterocycles. The van der Waals surface area contributed by atoms with Crippen molar-refractivity contribution in [3.05, 3.63) is 34.9 Å². The predicted molar refractivity (Wildman–Crippen MR) is 134 cm³/mol. The molecule has 3 atom stereocenters. The summed E-state index contributed by atoms with van der Waals surface area (Å²) in [6, 6.07) is -0.273. The minimum atomic E-state index is -5.09. The molecule has 1 unspecified atom stereocenters. The van der Waals surface area contributed by atoms with E-state index in [2.05, 4.69) is 5.32 Å². The molecule has 1 saturated carbocycles. The summed E-state index contributed by atoms with van der Waals surface area (Å²) in [4.78, 5) is 40.8. The Kier molecular flexibility index (Phi) is 8.55. The average molecular weight is 593 g/mol. The molecule has 2 aliphatic heterocycles. The third kappa shape index (κ3) is 6.26. The van der Waals surface area contributed by atoms with Crippen LogP contribution in [0.1, 0.15) is 68.7 Å². The number of carbonyl (C=O) groups excluding carboxylic acids is 3. The van der Waals surface area contributed by atoms with Gasteiger partial charge in [0.25, 0.3) is 0 Å². The summed E-state index contributed by atoms with van der Waals surface area (Å²) in [5.74, 6) is -2.75. The van der Waals surface area contributed by atoms with E-state index < -0.39 is 59.3 Å². The van der Waals surface area contributed by atoms with Crippen molar-refractivity contribution < 1.29 is 45.5 Å².